The first-order chi connectivity index (χ1) is 14.1. The van der Waals surface area contributed by atoms with E-state index >= 15 is 0 Å². The maximum Gasteiger partial charge on any atom is 0.191 e. The van der Waals surface area contributed by atoms with Crippen LogP contribution < -0.4 is 10.6 Å². The van der Waals surface area contributed by atoms with Crippen LogP contribution in [-0.4, -0.2) is 63.8 Å². The molecule has 3 rings (SSSR count). The smallest absolute Gasteiger partial charge is 0.191 e. The molecular weight excluding hydrogens is 360 g/mol. The van der Waals surface area contributed by atoms with Gasteiger partial charge in [0.2, 0.25) is 0 Å². The Morgan fingerprint density at radius 1 is 0.966 bits per heavy atom. The van der Waals surface area contributed by atoms with Crippen molar-refractivity contribution in [1.82, 2.24) is 15.5 Å². The number of hydrogen-bond acceptors (Lipinski definition) is 3. The van der Waals surface area contributed by atoms with Gasteiger partial charge in [0.15, 0.2) is 5.96 Å². The predicted octanol–water partition coefficient (Wildman–Crippen LogP) is 3.09. The summed E-state index contributed by atoms with van der Waals surface area (Å²) < 4.78 is 5.58. The number of benzene rings is 2. The van der Waals surface area contributed by atoms with Crippen molar-refractivity contribution < 1.29 is 4.74 Å². The van der Waals surface area contributed by atoms with Crippen LogP contribution in [0.25, 0.3) is 0 Å². The minimum absolute atomic E-state index is 0.105. The molecule has 1 heterocycles. The van der Waals surface area contributed by atoms with Gasteiger partial charge in [-0.3, -0.25) is 4.99 Å². The molecule has 2 N–H and O–H groups in total. The molecule has 0 amide bonds. The maximum absolute atomic E-state index is 5.58. The summed E-state index contributed by atoms with van der Waals surface area (Å²) in [6, 6.07) is 21.3. The fourth-order valence-electron chi connectivity index (χ4n) is 4.00. The number of likely N-dealkylation sites (N-methyl/N-ethyl adjacent to an activating group) is 1. The van der Waals surface area contributed by atoms with Crippen LogP contribution in [0.1, 0.15) is 29.9 Å². The molecule has 0 spiro atoms. The molecule has 0 bridgehead atoms. The second kappa shape index (κ2) is 10.4. The molecule has 0 aromatic heterocycles. The first-order valence-electron chi connectivity index (χ1n) is 10.4. The van der Waals surface area contributed by atoms with Gasteiger partial charge < -0.3 is 20.3 Å². The Kier molecular flexibility index (Phi) is 7.67. The molecule has 1 fully saturated rings. The van der Waals surface area contributed by atoms with Gasteiger partial charge in [-0.15, -0.1) is 0 Å². The Bertz CT molecular complexity index is 715. The van der Waals surface area contributed by atoms with Crippen LogP contribution in [-0.2, 0) is 4.74 Å². The Morgan fingerprint density at radius 2 is 1.52 bits per heavy atom. The molecule has 1 saturated heterocycles. The summed E-state index contributed by atoms with van der Waals surface area (Å²) >= 11 is 0. The average Bonchev–Trinajstić information content (AvgIpc) is 2.78. The molecule has 29 heavy (non-hydrogen) atoms. The van der Waals surface area contributed by atoms with Crippen LogP contribution in [0.3, 0.4) is 0 Å². The van der Waals surface area contributed by atoms with E-state index in [9.17, 15) is 0 Å². The van der Waals surface area contributed by atoms with E-state index in [1.807, 2.05) is 7.05 Å². The quantitative estimate of drug-likeness (QED) is 0.560. The lowest BCUT2D eigenvalue weighted by molar-refractivity contribution is -0.00501. The van der Waals surface area contributed by atoms with Gasteiger partial charge in [0, 0.05) is 44.8 Å². The molecule has 1 aliphatic heterocycles. The molecule has 0 aliphatic carbocycles. The topological polar surface area (TPSA) is 48.9 Å². The highest BCUT2D eigenvalue weighted by Crippen LogP contribution is 2.25. The zero-order chi connectivity index (χ0) is 20.5. The number of rotatable bonds is 7. The normalized spacial score (nSPS) is 16.8. The predicted molar refractivity (Wildman–Crippen MR) is 121 cm³/mol. The minimum Gasteiger partial charge on any atom is -0.381 e. The standard InChI is InChI=1S/C24H34N4O/c1-25-23(27-19-24(28(2)3)14-16-29-17-15-24)26-18-22(20-10-6-4-7-11-20)21-12-8-5-9-13-21/h4-13,22H,14-19H2,1-3H3,(H2,25,26,27). The molecule has 0 radical (unpaired) electrons. The molecule has 5 nitrogen and oxygen atoms in total. The molecule has 2 aromatic carbocycles. The van der Waals surface area contributed by atoms with Crippen molar-refractivity contribution in [1.29, 1.82) is 0 Å². The Balaban J connectivity index is 1.66. The Hall–Kier alpha value is -2.37. The van der Waals surface area contributed by atoms with Crippen molar-refractivity contribution in [3.8, 4) is 0 Å². The number of ether oxygens (including phenoxy) is 1. The first-order valence-corrected chi connectivity index (χ1v) is 10.4. The van der Waals surface area contributed by atoms with Crippen LogP contribution >= 0.6 is 0 Å². The summed E-state index contributed by atoms with van der Waals surface area (Å²) in [4.78, 5) is 6.79. The van der Waals surface area contributed by atoms with Gasteiger partial charge in [-0.1, -0.05) is 60.7 Å². The van der Waals surface area contributed by atoms with Gasteiger partial charge in [0.1, 0.15) is 0 Å². The minimum atomic E-state index is 0.105. The SMILES string of the molecule is CN=C(NCC(c1ccccc1)c1ccccc1)NCC1(N(C)C)CCOCC1. The highest BCUT2D eigenvalue weighted by Gasteiger charge is 2.34. The van der Waals surface area contributed by atoms with E-state index in [1.54, 1.807) is 0 Å². The first kappa shape index (κ1) is 21.3. The van der Waals surface area contributed by atoms with Crippen LogP contribution in [0, 0.1) is 0 Å². The van der Waals surface area contributed by atoms with E-state index in [0.717, 1.165) is 45.1 Å². The van der Waals surface area contributed by atoms with Crippen LogP contribution in [0.2, 0.25) is 0 Å². The number of hydrogen-bond donors (Lipinski definition) is 2. The molecular formula is C24H34N4O. The van der Waals surface area contributed by atoms with Crippen LogP contribution in [0.4, 0.5) is 0 Å². The van der Waals surface area contributed by atoms with E-state index in [1.165, 1.54) is 11.1 Å². The lowest BCUT2D eigenvalue weighted by Gasteiger charge is -2.43. The summed E-state index contributed by atoms with van der Waals surface area (Å²) in [7, 11) is 6.15. The van der Waals surface area contributed by atoms with Gasteiger partial charge in [0.25, 0.3) is 0 Å². The van der Waals surface area contributed by atoms with Crippen molar-refractivity contribution in [2.24, 2.45) is 4.99 Å². The third kappa shape index (κ3) is 5.58. The molecule has 1 aliphatic rings. The third-order valence-electron chi connectivity index (χ3n) is 6.06. The Morgan fingerprint density at radius 3 is 2.00 bits per heavy atom. The van der Waals surface area contributed by atoms with E-state index < -0.39 is 0 Å². The van der Waals surface area contributed by atoms with Crippen molar-refractivity contribution in [3.05, 3.63) is 71.8 Å². The summed E-state index contributed by atoms with van der Waals surface area (Å²) in [5.41, 5.74) is 2.71. The van der Waals surface area contributed by atoms with Crippen molar-refractivity contribution in [2.75, 3.05) is 47.4 Å². The van der Waals surface area contributed by atoms with E-state index in [-0.39, 0.29) is 11.5 Å². The van der Waals surface area contributed by atoms with E-state index in [0.29, 0.717) is 0 Å². The van der Waals surface area contributed by atoms with Gasteiger partial charge in [-0.05, 0) is 38.1 Å². The largest absolute Gasteiger partial charge is 0.381 e. The Labute approximate surface area is 175 Å². The number of nitrogens with one attached hydrogen (secondary N) is 2. The molecule has 0 saturated carbocycles. The van der Waals surface area contributed by atoms with Crippen LogP contribution in [0.5, 0.6) is 0 Å². The highest BCUT2D eigenvalue weighted by atomic mass is 16.5. The van der Waals surface area contributed by atoms with Gasteiger partial charge in [0.05, 0.1) is 0 Å². The summed E-state index contributed by atoms with van der Waals surface area (Å²) in [5, 5.41) is 7.11. The second-order valence-corrected chi connectivity index (χ2v) is 7.91. The van der Waals surface area contributed by atoms with Gasteiger partial charge >= 0.3 is 0 Å². The molecule has 5 heteroatoms. The molecule has 2 aromatic rings. The van der Waals surface area contributed by atoms with Crippen molar-refractivity contribution in [2.45, 2.75) is 24.3 Å². The van der Waals surface area contributed by atoms with E-state index in [2.05, 4.69) is 95.3 Å². The lowest BCUT2D eigenvalue weighted by atomic mass is 9.88. The van der Waals surface area contributed by atoms with Gasteiger partial charge in [-0.25, -0.2) is 0 Å². The summed E-state index contributed by atoms with van der Waals surface area (Å²) in [6.07, 6.45) is 2.06. The third-order valence-corrected chi connectivity index (χ3v) is 6.06. The number of guanidine groups is 1. The molecule has 0 atom stereocenters. The molecule has 156 valence electrons. The maximum atomic E-state index is 5.58. The van der Waals surface area contributed by atoms with Gasteiger partial charge in [-0.2, -0.15) is 0 Å². The summed E-state index contributed by atoms with van der Waals surface area (Å²) in [6.45, 7) is 3.27. The fraction of sp³-hybridized carbons (Fsp3) is 0.458. The lowest BCUT2D eigenvalue weighted by Crippen LogP contribution is -2.57. The zero-order valence-corrected chi connectivity index (χ0v) is 17.9. The number of nitrogens with zero attached hydrogens (tertiary/aromatic N) is 2. The van der Waals surface area contributed by atoms with Crippen LogP contribution in [0.15, 0.2) is 65.7 Å². The monoisotopic (exact) mass is 394 g/mol. The fourth-order valence-corrected chi connectivity index (χ4v) is 4.00. The van der Waals surface area contributed by atoms with Crippen molar-refractivity contribution in [3.63, 3.8) is 0 Å². The average molecular weight is 395 g/mol. The molecule has 0 unspecified atom stereocenters. The van der Waals surface area contributed by atoms with Crippen molar-refractivity contribution >= 4 is 5.96 Å². The zero-order valence-electron chi connectivity index (χ0n) is 17.9. The number of aliphatic imine (C=N–C) groups is 1. The summed E-state index contributed by atoms with van der Waals surface area (Å²) in [5.74, 6) is 1.11. The van der Waals surface area contributed by atoms with E-state index in [4.69, 9.17) is 4.74 Å². The second-order valence-electron chi connectivity index (χ2n) is 7.91. The highest BCUT2D eigenvalue weighted by molar-refractivity contribution is 5.79.